The standard InChI is InChI=1S/C28H28O7/c1-17-5-7-21(13-23(17)19(3)29)9-11-27(31)34-25-15-33-16-26(25)35-28(32)12-10-22-8-6-18(2)24(14-22)20(4)30/h5-14,25-26H,15-16H2,1-4H3/b11-9+,12-10?. The van der Waals surface area contributed by atoms with Crippen molar-refractivity contribution in [2.75, 3.05) is 13.2 Å². The van der Waals surface area contributed by atoms with E-state index in [0.29, 0.717) is 22.3 Å². The third kappa shape index (κ3) is 7.07. The Morgan fingerprint density at radius 3 is 1.51 bits per heavy atom. The van der Waals surface area contributed by atoms with Gasteiger partial charge in [-0.25, -0.2) is 9.59 Å². The Morgan fingerprint density at radius 1 is 0.743 bits per heavy atom. The molecule has 1 aliphatic heterocycles. The maximum Gasteiger partial charge on any atom is 0.331 e. The van der Waals surface area contributed by atoms with Crippen LogP contribution in [0.1, 0.15) is 56.8 Å². The Labute approximate surface area is 204 Å². The lowest BCUT2D eigenvalue weighted by Crippen LogP contribution is -2.33. The monoisotopic (exact) mass is 476 g/mol. The highest BCUT2D eigenvalue weighted by Crippen LogP contribution is 2.17. The fourth-order valence-corrected chi connectivity index (χ4v) is 3.69. The first-order valence-corrected chi connectivity index (χ1v) is 11.2. The predicted molar refractivity (Wildman–Crippen MR) is 131 cm³/mol. The molecular weight excluding hydrogens is 448 g/mol. The van der Waals surface area contributed by atoms with Crippen molar-refractivity contribution in [3.63, 3.8) is 0 Å². The molecule has 7 heteroatoms. The van der Waals surface area contributed by atoms with Crippen molar-refractivity contribution >= 4 is 35.7 Å². The van der Waals surface area contributed by atoms with Gasteiger partial charge >= 0.3 is 11.9 Å². The SMILES string of the molecule is CC(=O)c1cc(C=CC(=O)OC2COCC2OC(=O)/C=C/c2ccc(C)c(C(C)=O)c2)ccc1C. The minimum absolute atomic E-state index is 0.0520. The molecule has 1 saturated heterocycles. The molecule has 0 spiro atoms. The number of ketones is 2. The van der Waals surface area contributed by atoms with Gasteiger partial charge in [0, 0.05) is 23.3 Å². The summed E-state index contributed by atoms with van der Waals surface area (Å²) in [7, 11) is 0. The fourth-order valence-electron chi connectivity index (χ4n) is 3.69. The maximum absolute atomic E-state index is 12.3. The molecule has 0 bridgehead atoms. The van der Waals surface area contributed by atoms with Gasteiger partial charge in [-0.2, -0.15) is 0 Å². The first kappa shape index (κ1) is 25.8. The number of carbonyl (C=O) groups excluding carboxylic acids is 4. The van der Waals surface area contributed by atoms with Crippen LogP contribution < -0.4 is 0 Å². The lowest BCUT2D eigenvalue weighted by Gasteiger charge is -2.17. The molecule has 7 nitrogen and oxygen atoms in total. The minimum Gasteiger partial charge on any atom is -0.453 e. The van der Waals surface area contributed by atoms with Gasteiger partial charge in [-0.15, -0.1) is 0 Å². The van der Waals surface area contributed by atoms with Crippen LogP contribution in [0, 0.1) is 13.8 Å². The average Bonchev–Trinajstić information content (AvgIpc) is 3.23. The van der Waals surface area contributed by atoms with Gasteiger partial charge in [0.15, 0.2) is 23.8 Å². The van der Waals surface area contributed by atoms with Crippen LogP contribution in [0.2, 0.25) is 0 Å². The Kier molecular flexibility index (Phi) is 8.49. The second-order valence-corrected chi connectivity index (χ2v) is 8.42. The lowest BCUT2D eigenvalue weighted by atomic mass is 10.0. The zero-order valence-corrected chi connectivity index (χ0v) is 20.2. The highest BCUT2D eigenvalue weighted by molar-refractivity contribution is 5.97. The molecule has 2 aromatic rings. The van der Waals surface area contributed by atoms with Crippen LogP contribution in [-0.4, -0.2) is 48.9 Å². The minimum atomic E-state index is -0.737. The van der Waals surface area contributed by atoms with E-state index >= 15 is 0 Å². The lowest BCUT2D eigenvalue weighted by molar-refractivity contribution is -0.157. The second kappa shape index (κ2) is 11.5. The van der Waals surface area contributed by atoms with Crippen LogP contribution in [-0.2, 0) is 23.8 Å². The number of benzene rings is 2. The number of ether oxygens (including phenoxy) is 3. The predicted octanol–water partition coefficient (Wildman–Crippen LogP) is 4.29. The van der Waals surface area contributed by atoms with Crippen molar-refractivity contribution in [3.05, 3.63) is 81.9 Å². The highest BCUT2D eigenvalue weighted by Gasteiger charge is 2.34. The molecule has 1 aliphatic rings. The summed E-state index contributed by atoms with van der Waals surface area (Å²) in [5, 5.41) is 0. The van der Waals surface area contributed by atoms with Crippen LogP contribution in [0.4, 0.5) is 0 Å². The van der Waals surface area contributed by atoms with E-state index in [1.54, 1.807) is 36.4 Å². The largest absolute Gasteiger partial charge is 0.453 e. The Morgan fingerprint density at radius 2 is 1.14 bits per heavy atom. The number of carbonyl (C=O) groups is 4. The van der Waals surface area contributed by atoms with Crippen LogP contribution in [0.3, 0.4) is 0 Å². The van der Waals surface area contributed by atoms with Gasteiger partial charge in [-0.3, -0.25) is 9.59 Å². The fraction of sp³-hybridized carbons (Fsp3) is 0.286. The number of hydrogen-bond acceptors (Lipinski definition) is 7. The number of rotatable bonds is 8. The van der Waals surface area contributed by atoms with Gasteiger partial charge < -0.3 is 14.2 Å². The molecule has 0 aliphatic carbocycles. The van der Waals surface area contributed by atoms with Crippen molar-refractivity contribution in [3.8, 4) is 0 Å². The molecule has 0 N–H and O–H groups in total. The first-order valence-electron chi connectivity index (χ1n) is 11.2. The summed E-state index contributed by atoms with van der Waals surface area (Å²) in [6, 6.07) is 10.7. The summed E-state index contributed by atoms with van der Waals surface area (Å²) in [6.07, 6.45) is 4.17. The van der Waals surface area contributed by atoms with Crippen molar-refractivity contribution in [2.45, 2.75) is 39.9 Å². The van der Waals surface area contributed by atoms with Gasteiger partial charge in [0.2, 0.25) is 0 Å². The number of Topliss-reactive ketones (excluding diaryl/α,β-unsaturated/α-hetero) is 2. The molecule has 2 atom stereocenters. The number of aryl methyl sites for hydroxylation is 2. The summed E-state index contributed by atoms with van der Waals surface area (Å²) in [5.41, 5.74) is 4.29. The van der Waals surface area contributed by atoms with Gasteiger partial charge in [-0.1, -0.05) is 24.3 Å². The van der Waals surface area contributed by atoms with Gasteiger partial charge in [0.05, 0.1) is 13.2 Å². The third-order valence-corrected chi connectivity index (χ3v) is 5.62. The van der Waals surface area contributed by atoms with E-state index in [2.05, 4.69) is 0 Å². The number of hydrogen-bond donors (Lipinski definition) is 0. The van der Waals surface area contributed by atoms with Gasteiger partial charge in [0.25, 0.3) is 0 Å². The molecule has 2 unspecified atom stereocenters. The Bertz CT molecular complexity index is 1110. The Balaban J connectivity index is 1.57. The van der Waals surface area contributed by atoms with Crippen molar-refractivity contribution < 1.29 is 33.4 Å². The van der Waals surface area contributed by atoms with E-state index in [9.17, 15) is 19.2 Å². The molecule has 3 rings (SSSR count). The highest BCUT2D eigenvalue weighted by atomic mass is 16.6. The normalized spacial score (nSPS) is 17.6. The van der Waals surface area contributed by atoms with E-state index < -0.39 is 24.1 Å². The zero-order valence-electron chi connectivity index (χ0n) is 20.2. The topological polar surface area (TPSA) is 96.0 Å². The second-order valence-electron chi connectivity index (χ2n) is 8.42. The van der Waals surface area contributed by atoms with E-state index in [1.807, 2.05) is 26.0 Å². The molecule has 2 aromatic carbocycles. The maximum atomic E-state index is 12.3. The molecule has 35 heavy (non-hydrogen) atoms. The molecular formula is C28H28O7. The molecule has 0 saturated carbocycles. The van der Waals surface area contributed by atoms with Crippen LogP contribution >= 0.6 is 0 Å². The van der Waals surface area contributed by atoms with Gasteiger partial charge in [0.1, 0.15) is 0 Å². The van der Waals surface area contributed by atoms with E-state index in [4.69, 9.17) is 14.2 Å². The molecule has 0 aromatic heterocycles. The van der Waals surface area contributed by atoms with E-state index in [0.717, 1.165) is 11.1 Å². The van der Waals surface area contributed by atoms with Gasteiger partial charge in [-0.05, 0) is 74.2 Å². The van der Waals surface area contributed by atoms with Crippen LogP contribution in [0.25, 0.3) is 12.2 Å². The van der Waals surface area contributed by atoms with Crippen LogP contribution in [0.15, 0.2) is 48.6 Å². The summed E-state index contributed by atoms with van der Waals surface area (Å²) >= 11 is 0. The molecule has 0 amide bonds. The summed E-state index contributed by atoms with van der Waals surface area (Å²) in [5.74, 6) is -1.33. The average molecular weight is 477 g/mol. The van der Waals surface area contributed by atoms with Crippen molar-refractivity contribution in [2.24, 2.45) is 0 Å². The molecule has 1 fully saturated rings. The molecule has 0 radical (unpaired) electrons. The smallest absolute Gasteiger partial charge is 0.331 e. The summed E-state index contributed by atoms with van der Waals surface area (Å²) in [4.78, 5) is 48.0. The molecule has 1 heterocycles. The molecule has 182 valence electrons. The Hall–Kier alpha value is -3.84. The quantitative estimate of drug-likeness (QED) is 0.319. The third-order valence-electron chi connectivity index (χ3n) is 5.62. The van der Waals surface area contributed by atoms with Crippen LogP contribution in [0.5, 0.6) is 0 Å². The van der Waals surface area contributed by atoms with E-state index in [-0.39, 0.29) is 24.8 Å². The summed E-state index contributed by atoms with van der Waals surface area (Å²) < 4.78 is 16.1. The zero-order chi connectivity index (χ0) is 25.5. The van der Waals surface area contributed by atoms with Crippen molar-refractivity contribution in [1.82, 2.24) is 0 Å². The first-order chi connectivity index (χ1) is 16.6. The van der Waals surface area contributed by atoms with Crippen molar-refractivity contribution in [1.29, 1.82) is 0 Å². The summed E-state index contributed by atoms with van der Waals surface area (Å²) in [6.45, 7) is 6.90. The number of esters is 2. The van der Waals surface area contributed by atoms with E-state index in [1.165, 1.54) is 26.0 Å².